The lowest BCUT2D eigenvalue weighted by Crippen LogP contribution is -2.26. The third-order valence-corrected chi connectivity index (χ3v) is 4.90. The van der Waals surface area contributed by atoms with E-state index in [9.17, 15) is 9.18 Å². The average Bonchev–Trinajstić information content (AvgIpc) is 3.13. The van der Waals surface area contributed by atoms with E-state index >= 15 is 0 Å². The van der Waals surface area contributed by atoms with Crippen molar-refractivity contribution in [1.29, 1.82) is 0 Å². The summed E-state index contributed by atoms with van der Waals surface area (Å²) in [5.41, 5.74) is 1.46. The SMILES string of the molecule is CCc1ncc(C(=O)NC(C)c2oc3ccc(F)cc3c2C)s1. The van der Waals surface area contributed by atoms with Crippen molar-refractivity contribution in [1.82, 2.24) is 10.3 Å². The number of carbonyl (C=O) groups is 1. The number of furan rings is 1. The van der Waals surface area contributed by atoms with Crippen LogP contribution < -0.4 is 5.32 Å². The molecule has 120 valence electrons. The van der Waals surface area contributed by atoms with Gasteiger partial charge in [0.2, 0.25) is 0 Å². The molecule has 0 bridgehead atoms. The fraction of sp³-hybridized carbons (Fsp3) is 0.294. The van der Waals surface area contributed by atoms with Gasteiger partial charge in [-0.25, -0.2) is 9.37 Å². The molecular formula is C17H17FN2O2S. The number of thiazole rings is 1. The maximum atomic E-state index is 13.4. The Kier molecular flexibility index (Phi) is 4.17. The van der Waals surface area contributed by atoms with Crippen molar-refractivity contribution >= 4 is 28.2 Å². The van der Waals surface area contributed by atoms with Crippen molar-refractivity contribution in [3.05, 3.63) is 51.4 Å². The molecule has 23 heavy (non-hydrogen) atoms. The molecule has 2 aromatic heterocycles. The lowest BCUT2D eigenvalue weighted by molar-refractivity contribution is 0.0939. The normalized spacial score (nSPS) is 12.5. The highest BCUT2D eigenvalue weighted by Crippen LogP contribution is 2.30. The minimum atomic E-state index is -0.315. The van der Waals surface area contributed by atoms with E-state index < -0.39 is 0 Å². The number of nitrogens with one attached hydrogen (secondary N) is 1. The number of aromatic nitrogens is 1. The summed E-state index contributed by atoms with van der Waals surface area (Å²) in [7, 11) is 0. The summed E-state index contributed by atoms with van der Waals surface area (Å²) < 4.78 is 19.2. The summed E-state index contributed by atoms with van der Waals surface area (Å²) in [6, 6.07) is 4.10. The first kappa shape index (κ1) is 15.7. The van der Waals surface area contributed by atoms with Crippen molar-refractivity contribution < 1.29 is 13.6 Å². The molecule has 0 saturated carbocycles. The molecule has 2 heterocycles. The first-order valence-electron chi connectivity index (χ1n) is 7.43. The molecule has 1 aromatic carbocycles. The second-order valence-corrected chi connectivity index (χ2v) is 6.51. The molecule has 0 aliphatic heterocycles. The first-order valence-corrected chi connectivity index (χ1v) is 8.25. The Hall–Kier alpha value is -2.21. The van der Waals surface area contributed by atoms with E-state index in [1.807, 2.05) is 20.8 Å². The van der Waals surface area contributed by atoms with Gasteiger partial charge in [0, 0.05) is 10.9 Å². The van der Waals surface area contributed by atoms with Crippen LogP contribution in [0.1, 0.15) is 45.9 Å². The maximum Gasteiger partial charge on any atom is 0.263 e. The molecule has 0 fully saturated rings. The van der Waals surface area contributed by atoms with Crippen LogP contribution in [-0.4, -0.2) is 10.9 Å². The van der Waals surface area contributed by atoms with Gasteiger partial charge in [0.05, 0.1) is 17.2 Å². The highest BCUT2D eigenvalue weighted by Gasteiger charge is 2.20. The van der Waals surface area contributed by atoms with Crippen LogP contribution in [0.5, 0.6) is 0 Å². The predicted molar refractivity (Wildman–Crippen MR) is 88.3 cm³/mol. The predicted octanol–water partition coefficient (Wildman–Crippen LogP) is 4.39. The molecular weight excluding hydrogens is 315 g/mol. The minimum absolute atomic E-state index is 0.180. The number of fused-ring (bicyclic) bond motifs is 1. The Bertz CT molecular complexity index is 869. The van der Waals surface area contributed by atoms with Crippen molar-refractivity contribution in [2.24, 2.45) is 0 Å². The molecule has 0 spiro atoms. The summed E-state index contributed by atoms with van der Waals surface area (Å²) in [5.74, 6) is 0.154. The van der Waals surface area contributed by atoms with Crippen LogP contribution in [0, 0.1) is 12.7 Å². The smallest absolute Gasteiger partial charge is 0.263 e. The summed E-state index contributed by atoms with van der Waals surface area (Å²) in [6.07, 6.45) is 2.40. The summed E-state index contributed by atoms with van der Waals surface area (Å²) in [5, 5.41) is 4.57. The highest BCUT2D eigenvalue weighted by atomic mass is 32.1. The first-order chi connectivity index (χ1) is 11.0. The number of aryl methyl sites for hydroxylation is 2. The van der Waals surface area contributed by atoms with E-state index in [0.29, 0.717) is 16.2 Å². The molecule has 0 aliphatic carbocycles. The highest BCUT2D eigenvalue weighted by molar-refractivity contribution is 7.13. The molecule has 6 heteroatoms. The summed E-state index contributed by atoms with van der Waals surface area (Å²) in [4.78, 5) is 17.1. The summed E-state index contributed by atoms with van der Waals surface area (Å²) in [6.45, 7) is 5.71. The van der Waals surface area contributed by atoms with Gasteiger partial charge in [0.25, 0.3) is 5.91 Å². The minimum Gasteiger partial charge on any atom is -0.459 e. The Morgan fingerprint density at radius 1 is 1.48 bits per heavy atom. The molecule has 1 unspecified atom stereocenters. The van der Waals surface area contributed by atoms with Gasteiger partial charge in [0.1, 0.15) is 22.0 Å². The number of rotatable bonds is 4. The number of halogens is 1. The van der Waals surface area contributed by atoms with Gasteiger partial charge >= 0.3 is 0 Å². The third-order valence-electron chi connectivity index (χ3n) is 3.76. The van der Waals surface area contributed by atoms with Crippen LogP contribution in [0.25, 0.3) is 11.0 Å². The van der Waals surface area contributed by atoms with Crippen molar-refractivity contribution in [2.45, 2.75) is 33.2 Å². The quantitative estimate of drug-likeness (QED) is 0.771. The van der Waals surface area contributed by atoms with Crippen molar-refractivity contribution in [3.8, 4) is 0 Å². The Labute approximate surface area is 137 Å². The molecule has 4 nitrogen and oxygen atoms in total. The zero-order valence-electron chi connectivity index (χ0n) is 13.1. The Balaban J connectivity index is 1.84. The molecule has 0 aliphatic rings. The summed E-state index contributed by atoms with van der Waals surface area (Å²) >= 11 is 1.39. The topological polar surface area (TPSA) is 55.1 Å². The van der Waals surface area contributed by atoms with E-state index in [-0.39, 0.29) is 17.8 Å². The molecule has 1 atom stereocenters. The molecule has 3 aromatic rings. The second kappa shape index (κ2) is 6.12. The van der Waals surface area contributed by atoms with Gasteiger partial charge in [-0.15, -0.1) is 11.3 Å². The van der Waals surface area contributed by atoms with Crippen LogP contribution >= 0.6 is 11.3 Å². The molecule has 0 saturated heterocycles. The van der Waals surface area contributed by atoms with E-state index in [2.05, 4.69) is 10.3 Å². The van der Waals surface area contributed by atoms with Gasteiger partial charge < -0.3 is 9.73 Å². The zero-order valence-corrected chi connectivity index (χ0v) is 14.0. The van der Waals surface area contributed by atoms with E-state index in [1.54, 1.807) is 12.3 Å². The van der Waals surface area contributed by atoms with Crippen LogP contribution in [-0.2, 0) is 6.42 Å². The number of hydrogen-bond donors (Lipinski definition) is 1. The number of carbonyl (C=O) groups excluding carboxylic acids is 1. The Morgan fingerprint density at radius 2 is 2.26 bits per heavy atom. The fourth-order valence-electron chi connectivity index (χ4n) is 2.54. The van der Waals surface area contributed by atoms with Gasteiger partial charge in [-0.1, -0.05) is 6.92 Å². The van der Waals surface area contributed by atoms with Crippen LogP contribution in [0.4, 0.5) is 4.39 Å². The van der Waals surface area contributed by atoms with Crippen molar-refractivity contribution in [2.75, 3.05) is 0 Å². The lowest BCUT2D eigenvalue weighted by Gasteiger charge is -2.11. The van der Waals surface area contributed by atoms with Gasteiger partial charge in [-0.3, -0.25) is 4.79 Å². The number of benzene rings is 1. The van der Waals surface area contributed by atoms with Crippen LogP contribution in [0.15, 0.2) is 28.8 Å². The lowest BCUT2D eigenvalue weighted by atomic mass is 10.1. The molecule has 3 rings (SSSR count). The van der Waals surface area contributed by atoms with Gasteiger partial charge in [-0.2, -0.15) is 0 Å². The average molecular weight is 332 g/mol. The van der Waals surface area contributed by atoms with E-state index in [0.717, 1.165) is 22.4 Å². The third kappa shape index (κ3) is 2.99. The van der Waals surface area contributed by atoms with Gasteiger partial charge in [-0.05, 0) is 38.5 Å². The number of nitrogens with zero attached hydrogens (tertiary/aromatic N) is 1. The molecule has 0 radical (unpaired) electrons. The Morgan fingerprint density at radius 3 is 2.96 bits per heavy atom. The zero-order chi connectivity index (χ0) is 16.6. The monoisotopic (exact) mass is 332 g/mol. The maximum absolute atomic E-state index is 13.4. The molecule has 1 amide bonds. The number of amides is 1. The number of hydrogen-bond acceptors (Lipinski definition) is 4. The van der Waals surface area contributed by atoms with E-state index in [1.165, 1.54) is 23.5 Å². The van der Waals surface area contributed by atoms with Crippen molar-refractivity contribution in [3.63, 3.8) is 0 Å². The van der Waals surface area contributed by atoms with Crippen LogP contribution in [0.2, 0.25) is 0 Å². The fourth-order valence-corrected chi connectivity index (χ4v) is 3.30. The second-order valence-electron chi connectivity index (χ2n) is 5.40. The van der Waals surface area contributed by atoms with Gasteiger partial charge in [0.15, 0.2) is 0 Å². The van der Waals surface area contributed by atoms with Crippen LogP contribution in [0.3, 0.4) is 0 Å². The largest absolute Gasteiger partial charge is 0.459 e. The standard InChI is InChI=1S/C17H17FN2O2S/c1-4-15-19-8-14(23-15)17(21)20-10(3)16-9(2)12-7-11(18)5-6-13(12)22-16/h5-8,10H,4H2,1-3H3,(H,20,21). The molecule has 1 N–H and O–H groups in total. The van der Waals surface area contributed by atoms with E-state index in [4.69, 9.17) is 4.42 Å².